The van der Waals surface area contributed by atoms with Gasteiger partial charge in [0.15, 0.2) is 11.5 Å². The minimum Gasteiger partial charge on any atom is -0.497 e. The first-order chi connectivity index (χ1) is 18.9. The molecule has 0 aliphatic carbocycles. The lowest BCUT2D eigenvalue weighted by atomic mass is 10.1. The summed E-state index contributed by atoms with van der Waals surface area (Å²) >= 11 is 0. The van der Waals surface area contributed by atoms with Crippen LogP contribution in [0.1, 0.15) is 12.1 Å². The van der Waals surface area contributed by atoms with Crippen LogP contribution in [0, 0.1) is 18.7 Å². The van der Waals surface area contributed by atoms with Crippen molar-refractivity contribution in [1.82, 2.24) is 29.5 Å². The average Bonchev–Trinajstić information content (AvgIpc) is 3.65. The van der Waals surface area contributed by atoms with E-state index in [1.54, 1.807) is 66.2 Å². The van der Waals surface area contributed by atoms with Crippen LogP contribution in [0.3, 0.4) is 0 Å². The van der Waals surface area contributed by atoms with Gasteiger partial charge in [-0.2, -0.15) is 14.9 Å². The number of nitrogens with one attached hydrogen (secondary N) is 1. The first kappa shape index (κ1) is 24.2. The molecule has 0 spiro atoms. The number of methoxy groups -OCH3 is 1. The Morgan fingerprint density at radius 3 is 2.69 bits per heavy atom. The molecule has 1 N–H and O–H groups in total. The molecule has 2 amide bonds. The minimum atomic E-state index is -0.556. The van der Waals surface area contributed by atoms with Gasteiger partial charge in [0.1, 0.15) is 23.7 Å². The van der Waals surface area contributed by atoms with E-state index in [-0.39, 0.29) is 30.6 Å². The summed E-state index contributed by atoms with van der Waals surface area (Å²) in [7, 11) is 1.56. The quantitative estimate of drug-likeness (QED) is 0.360. The van der Waals surface area contributed by atoms with Crippen LogP contribution < -0.4 is 15.0 Å². The van der Waals surface area contributed by atoms with Gasteiger partial charge in [0.2, 0.25) is 11.8 Å². The molecule has 1 saturated heterocycles. The Morgan fingerprint density at radius 1 is 1.08 bits per heavy atom. The SMILES string of the molecule is COc1cccc(N2CC(C(=O)Nc3cc(C)nn3-c3ncnc4c3cnn4-c3ccc(F)cc3)CC2=O)c1. The van der Waals surface area contributed by atoms with Crippen molar-refractivity contribution in [2.45, 2.75) is 13.3 Å². The highest BCUT2D eigenvalue weighted by molar-refractivity contribution is 6.03. The molecule has 11 nitrogen and oxygen atoms in total. The number of carbonyl (C=O) groups excluding carboxylic acids is 2. The van der Waals surface area contributed by atoms with Crippen molar-refractivity contribution >= 4 is 34.4 Å². The van der Waals surface area contributed by atoms with Crippen molar-refractivity contribution in [3.8, 4) is 17.3 Å². The van der Waals surface area contributed by atoms with Crippen LogP contribution in [0.25, 0.3) is 22.5 Å². The second-order valence-electron chi connectivity index (χ2n) is 9.15. The maximum Gasteiger partial charge on any atom is 0.230 e. The predicted molar refractivity (Wildman–Crippen MR) is 141 cm³/mol. The fraction of sp³-hybridized carbons (Fsp3) is 0.185. The molecule has 0 saturated carbocycles. The van der Waals surface area contributed by atoms with Gasteiger partial charge in [0, 0.05) is 30.8 Å². The molecule has 6 rings (SSSR count). The third-order valence-corrected chi connectivity index (χ3v) is 6.56. The number of benzene rings is 2. The van der Waals surface area contributed by atoms with Gasteiger partial charge in [0.25, 0.3) is 0 Å². The fourth-order valence-corrected chi connectivity index (χ4v) is 4.66. The van der Waals surface area contributed by atoms with Gasteiger partial charge in [-0.3, -0.25) is 9.59 Å². The topological polar surface area (TPSA) is 120 Å². The number of carbonyl (C=O) groups is 2. The maximum atomic E-state index is 13.4. The van der Waals surface area contributed by atoms with Gasteiger partial charge in [-0.1, -0.05) is 6.07 Å². The fourth-order valence-electron chi connectivity index (χ4n) is 4.66. The zero-order chi connectivity index (χ0) is 27.1. The Labute approximate surface area is 221 Å². The van der Waals surface area contributed by atoms with Gasteiger partial charge < -0.3 is 15.0 Å². The van der Waals surface area contributed by atoms with E-state index in [1.165, 1.54) is 23.1 Å². The molecule has 5 aromatic rings. The van der Waals surface area contributed by atoms with E-state index in [0.717, 1.165) is 0 Å². The monoisotopic (exact) mass is 526 g/mol. The summed E-state index contributed by atoms with van der Waals surface area (Å²) < 4.78 is 21.8. The smallest absolute Gasteiger partial charge is 0.230 e. The Hall–Kier alpha value is -5.13. The Kier molecular flexibility index (Phi) is 5.98. The molecule has 4 heterocycles. The summed E-state index contributed by atoms with van der Waals surface area (Å²) in [6.07, 6.45) is 3.06. The number of hydrogen-bond acceptors (Lipinski definition) is 7. The van der Waals surface area contributed by atoms with Crippen LogP contribution in [0.4, 0.5) is 15.9 Å². The van der Waals surface area contributed by atoms with Crippen LogP contribution in [0.15, 0.2) is 67.1 Å². The average molecular weight is 527 g/mol. The number of amides is 2. The van der Waals surface area contributed by atoms with Crippen LogP contribution in [0.2, 0.25) is 0 Å². The summed E-state index contributed by atoms with van der Waals surface area (Å²) in [6.45, 7) is 2.04. The third kappa shape index (κ3) is 4.45. The van der Waals surface area contributed by atoms with E-state index in [2.05, 4.69) is 25.5 Å². The highest BCUT2D eigenvalue weighted by atomic mass is 19.1. The third-order valence-electron chi connectivity index (χ3n) is 6.56. The molecular formula is C27H23FN8O3. The molecule has 1 unspecified atom stereocenters. The number of nitrogens with zero attached hydrogens (tertiary/aromatic N) is 7. The predicted octanol–water partition coefficient (Wildman–Crippen LogP) is 3.45. The first-order valence-corrected chi connectivity index (χ1v) is 12.2. The summed E-state index contributed by atoms with van der Waals surface area (Å²) in [6, 6.07) is 14.8. The van der Waals surface area contributed by atoms with Crippen LogP contribution >= 0.6 is 0 Å². The Balaban J connectivity index is 1.27. The van der Waals surface area contributed by atoms with Gasteiger partial charge in [0.05, 0.1) is 36.0 Å². The number of fused-ring (bicyclic) bond motifs is 1. The lowest BCUT2D eigenvalue weighted by Gasteiger charge is -2.17. The zero-order valence-corrected chi connectivity index (χ0v) is 21.1. The van der Waals surface area contributed by atoms with E-state index in [4.69, 9.17) is 4.74 Å². The van der Waals surface area contributed by atoms with E-state index in [1.807, 2.05) is 6.07 Å². The summed E-state index contributed by atoms with van der Waals surface area (Å²) in [5.74, 6) is 0.0941. The second kappa shape index (κ2) is 9.63. The standard InChI is InChI=1S/C27H23FN8O3/c1-16-10-23(32-27(38)17-11-24(37)34(14-17)20-4-3-5-21(12-20)39-2)36(33-16)26-22-13-31-35(25(22)29-15-30-26)19-8-6-18(28)7-9-19/h3-10,12-13,15,17H,11,14H2,1-2H3,(H,32,38). The van der Waals surface area contributed by atoms with Crippen molar-refractivity contribution in [2.24, 2.45) is 5.92 Å². The molecule has 1 aliphatic rings. The lowest BCUT2D eigenvalue weighted by Crippen LogP contribution is -2.28. The number of aromatic nitrogens is 6. The normalized spacial score (nSPS) is 15.2. The van der Waals surface area contributed by atoms with Crippen molar-refractivity contribution in [3.05, 3.63) is 78.6 Å². The molecule has 0 radical (unpaired) electrons. The molecule has 3 aromatic heterocycles. The highest BCUT2D eigenvalue weighted by Crippen LogP contribution is 2.29. The van der Waals surface area contributed by atoms with Crippen LogP contribution in [0.5, 0.6) is 5.75 Å². The van der Waals surface area contributed by atoms with Gasteiger partial charge >= 0.3 is 0 Å². The number of ether oxygens (including phenoxy) is 1. The summed E-state index contributed by atoms with van der Waals surface area (Å²) in [5.41, 5.74) is 2.46. The van der Waals surface area contributed by atoms with Gasteiger partial charge in [-0.15, -0.1) is 0 Å². The van der Waals surface area contributed by atoms with Gasteiger partial charge in [-0.25, -0.2) is 19.0 Å². The van der Waals surface area contributed by atoms with E-state index >= 15 is 0 Å². The molecule has 1 atom stereocenters. The molecule has 2 aromatic carbocycles. The maximum absolute atomic E-state index is 13.4. The zero-order valence-electron chi connectivity index (χ0n) is 21.1. The van der Waals surface area contributed by atoms with Crippen molar-refractivity contribution < 1.29 is 18.7 Å². The first-order valence-electron chi connectivity index (χ1n) is 12.2. The highest BCUT2D eigenvalue weighted by Gasteiger charge is 2.36. The number of aryl methyl sites for hydroxylation is 1. The molecule has 39 heavy (non-hydrogen) atoms. The lowest BCUT2D eigenvalue weighted by molar-refractivity contribution is -0.122. The molecular weight excluding hydrogens is 503 g/mol. The largest absolute Gasteiger partial charge is 0.497 e. The van der Waals surface area contributed by atoms with Crippen molar-refractivity contribution in [3.63, 3.8) is 0 Å². The molecule has 1 aliphatic heterocycles. The molecule has 12 heteroatoms. The molecule has 1 fully saturated rings. The number of hydrogen-bond donors (Lipinski definition) is 1. The van der Waals surface area contributed by atoms with E-state index < -0.39 is 5.92 Å². The molecule has 196 valence electrons. The van der Waals surface area contributed by atoms with Crippen molar-refractivity contribution in [2.75, 3.05) is 23.9 Å². The minimum absolute atomic E-state index is 0.0817. The van der Waals surface area contributed by atoms with Gasteiger partial charge in [-0.05, 0) is 43.3 Å². The van der Waals surface area contributed by atoms with Crippen molar-refractivity contribution in [1.29, 1.82) is 0 Å². The number of anilines is 2. The van der Waals surface area contributed by atoms with Crippen LogP contribution in [-0.4, -0.2) is 55.0 Å². The van der Waals surface area contributed by atoms with E-state index in [0.29, 0.717) is 45.5 Å². The second-order valence-corrected chi connectivity index (χ2v) is 9.15. The summed E-state index contributed by atoms with van der Waals surface area (Å²) in [4.78, 5) is 36.4. The summed E-state index contributed by atoms with van der Waals surface area (Å²) in [5, 5.41) is 12.5. The number of halogens is 1. The Bertz CT molecular complexity index is 1710. The molecule has 0 bridgehead atoms. The van der Waals surface area contributed by atoms with E-state index in [9.17, 15) is 14.0 Å². The Morgan fingerprint density at radius 2 is 1.90 bits per heavy atom. The van der Waals surface area contributed by atoms with Crippen LogP contribution in [-0.2, 0) is 9.59 Å². The number of rotatable bonds is 6.